The van der Waals surface area contributed by atoms with Gasteiger partial charge in [0.25, 0.3) is 5.22 Å². The lowest BCUT2D eigenvalue weighted by Gasteiger charge is -2.17. The van der Waals surface area contributed by atoms with Gasteiger partial charge in [0.15, 0.2) is 0 Å². The van der Waals surface area contributed by atoms with E-state index in [0.29, 0.717) is 11.1 Å². The second-order valence-corrected chi connectivity index (χ2v) is 8.22. The van der Waals surface area contributed by atoms with Crippen LogP contribution in [0.15, 0.2) is 81.8 Å². The molecule has 0 aliphatic heterocycles. The number of ether oxygens (including phenoxy) is 1. The molecule has 1 atom stereocenters. The van der Waals surface area contributed by atoms with Crippen LogP contribution >= 0.6 is 23.1 Å². The van der Waals surface area contributed by atoms with Crippen molar-refractivity contribution in [3.8, 4) is 17.2 Å². The molecular weight excluding hydrogens is 418 g/mol. The van der Waals surface area contributed by atoms with Gasteiger partial charge in [-0.15, -0.1) is 21.5 Å². The molecule has 4 aromatic rings. The fraction of sp³-hybridized carbons (Fsp3) is 0.136. The van der Waals surface area contributed by atoms with E-state index >= 15 is 0 Å². The van der Waals surface area contributed by atoms with Crippen molar-refractivity contribution in [3.63, 3.8) is 0 Å². The van der Waals surface area contributed by atoms with Crippen LogP contribution < -0.4 is 10.1 Å². The number of thioether (sulfide) groups is 1. The van der Waals surface area contributed by atoms with Gasteiger partial charge in [0.2, 0.25) is 11.8 Å². The first-order valence-electron chi connectivity index (χ1n) is 9.21. The first-order chi connectivity index (χ1) is 14.7. The summed E-state index contributed by atoms with van der Waals surface area (Å²) < 4.78 is 10.8. The maximum Gasteiger partial charge on any atom is 0.277 e. The lowest BCUT2D eigenvalue weighted by molar-refractivity contribution is -0.119. The Morgan fingerprint density at radius 3 is 2.60 bits per heavy atom. The maximum atomic E-state index is 12.6. The van der Waals surface area contributed by atoms with Crippen molar-refractivity contribution in [1.82, 2.24) is 15.5 Å². The third-order valence-electron chi connectivity index (χ3n) is 4.34. The topological polar surface area (TPSA) is 77.2 Å². The number of methoxy groups -OCH3 is 1. The number of aromatic nitrogens is 2. The number of hydrogen-bond donors (Lipinski definition) is 1. The molecule has 0 aliphatic carbocycles. The number of hydrogen-bond acceptors (Lipinski definition) is 7. The highest BCUT2D eigenvalue weighted by Gasteiger charge is 2.19. The summed E-state index contributed by atoms with van der Waals surface area (Å²) in [6.07, 6.45) is 0. The van der Waals surface area contributed by atoms with Gasteiger partial charge in [-0.25, -0.2) is 0 Å². The smallest absolute Gasteiger partial charge is 0.277 e. The molecule has 0 radical (unpaired) electrons. The van der Waals surface area contributed by atoms with Gasteiger partial charge in [-0.3, -0.25) is 4.79 Å². The summed E-state index contributed by atoms with van der Waals surface area (Å²) in [7, 11) is 1.61. The van der Waals surface area contributed by atoms with Crippen LogP contribution in [0.25, 0.3) is 11.5 Å². The van der Waals surface area contributed by atoms with Gasteiger partial charge in [0.05, 0.1) is 18.9 Å². The van der Waals surface area contributed by atoms with Gasteiger partial charge in [-0.05, 0) is 41.3 Å². The summed E-state index contributed by atoms with van der Waals surface area (Å²) >= 11 is 2.83. The van der Waals surface area contributed by atoms with Gasteiger partial charge in [0, 0.05) is 10.4 Å². The molecular formula is C22H19N3O3S2. The summed E-state index contributed by atoms with van der Waals surface area (Å²) in [5.41, 5.74) is 1.83. The van der Waals surface area contributed by atoms with E-state index in [4.69, 9.17) is 9.15 Å². The molecule has 2 aromatic heterocycles. The Kier molecular flexibility index (Phi) is 6.46. The number of carbonyl (C=O) groups excluding carboxylic acids is 1. The number of nitrogens with zero attached hydrogens (tertiary/aromatic N) is 2. The normalized spacial score (nSPS) is 11.8. The molecule has 0 fully saturated rings. The Morgan fingerprint density at radius 1 is 1.10 bits per heavy atom. The number of thiophene rings is 1. The van der Waals surface area contributed by atoms with Crippen molar-refractivity contribution in [1.29, 1.82) is 0 Å². The highest BCUT2D eigenvalue weighted by molar-refractivity contribution is 7.99. The van der Waals surface area contributed by atoms with Gasteiger partial charge in [-0.1, -0.05) is 48.2 Å². The maximum absolute atomic E-state index is 12.6. The molecule has 152 valence electrons. The predicted molar refractivity (Wildman–Crippen MR) is 118 cm³/mol. The molecule has 30 heavy (non-hydrogen) atoms. The third kappa shape index (κ3) is 4.90. The van der Waals surface area contributed by atoms with E-state index in [9.17, 15) is 4.79 Å². The monoisotopic (exact) mass is 437 g/mol. The highest BCUT2D eigenvalue weighted by Crippen LogP contribution is 2.27. The van der Waals surface area contributed by atoms with E-state index in [1.807, 2.05) is 72.1 Å². The first-order valence-corrected chi connectivity index (χ1v) is 11.1. The molecule has 1 amide bonds. The van der Waals surface area contributed by atoms with Crippen LogP contribution in [-0.2, 0) is 4.79 Å². The Labute approximate surface area is 182 Å². The van der Waals surface area contributed by atoms with Crippen molar-refractivity contribution >= 4 is 29.0 Å². The molecule has 2 aromatic carbocycles. The molecule has 0 saturated carbocycles. The van der Waals surface area contributed by atoms with Crippen LogP contribution in [0.3, 0.4) is 0 Å². The van der Waals surface area contributed by atoms with Crippen molar-refractivity contribution < 1.29 is 13.9 Å². The lowest BCUT2D eigenvalue weighted by atomic mass is 10.1. The Balaban J connectivity index is 1.39. The quantitative estimate of drug-likeness (QED) is 0.399. The number of carbonyl (C=O) groups is 1. The minimum Gasteiger partial charge on any atom is -0.497 e. The minimum absolute atomic E-state index is 0.105. The fourth-order valence-electron chi connectivity index (χ4n) is 2.87. The van der Waals surface area contributed by atoms with Gasteiger partial charge < -0.3 is 14.5 Å². The Hall–Kier alpha value is -3.10. The van der Waals surface area contributed by atoms with E-state index < -0.39 is 0 Å². The summed E-state index contributed by atoms with van der Waals surface area (Å²) in [4.78, 5) is 13.7. The highest BCUT2D eigenvalue weighted by atomic mass is 32.2. The summed E-state index contributed by atoms with van der Waals surface area (Å²) in [5, 5.41) is 13.6. The van der Waals surface area contributed by atoms with Crippen molar-refractivity contribution in [2.24, 2.45) is 0 Å². The molecule has 4 rings (SSSR count). The lowest BCUT2D eigenvalue weighted by Crippen LogP contribution is -2.30. The van der Waals surface area contributed by atoms with Gasteiger partial charge in [0.1, 0.15) is 5.75 Å². The largest absolute Gasteiger partial charge is 0.497 e. The number of rotatable bonds is 8. The van der Waals surface area contributed by atoms with E-state index in [1.165, 1.54) is 11.8 Å². The Morgan fingerprint density at radius 2 is 1.90 bits per heavy atom. The van der Waals surface area contributed by atoms with Gasteiger partial charge in [-0.2, -0.15) is 0 Å². The minimum atomic E-state index is -0.183. The SMILES string of the molecule is COc1ccc(-c2nnc(SCC(=O)N[C@H](c3ccccc3)c3cccs3)o2)cc1. The first kappa shape index (κ1) is 20.2. The van der Waals surface area contributed by atoms with Crippen LogP contribution in [0.2, 0.25) is 0 Å². The van der Waals surface area contributed by atoms with Crippen LogP contribution in [0.5, 0.6) is 5.75 Å². The molecule has 2 heterocycles. The van der Waals surface area contributed by atoms with Crippen LogP contribution in [0.4, 0.5) is 0 Å². The van der Waals surface area contributed by atoms with Crippen LogP contribution in [0, 0.1) is 0 Å². The number of amides is 1. The summed E-state index contributed by atoms with van der Waals surface area (Å²) in [5.74, 6) is 1.23. The molecule has 8 heteroatoms. The third-order valence-corrected chi connectivity index (χ3v) is 6.09. The summed E-state index contributed by atoms with van der Waals surface area (Å²) in [6.45, 7) is 0. The fourth-order valence-corrected chi connectivity index (χ4v) is 4.24. The standard InChI is InChI=1S/C22H19N3O3S2/c1-27-17-11-9-16(10-12-17)21-24-25-22(28-21)30-14-19(26)23-20(18-8-5-13-29-18)15-6-3-2-4-7-15/h2-13,20H,14H2,1H3,(H,23,26)/t20-/m1/s1. The zero-order valence-corrected chi connectivity index (χ0v) is 17.8. The van der Waals surface area contributed by atoms with E-state index in [1.54, 1.807) is 18.4 Å². The molecule has 0 saturated heterocycles. The number of nitrogens with one attached hydrogen (secondary N) is 1. The summed E-state index contributed by atoms with van der Waals surface area (Å²) in [6, 6.07) is 21.1. The number of benzene rings is 2. The molecule has 1 N–H and O–H groups in total. The van der Waals surface area contributed by atoms with E-state index in [2.05, 4.69) is 15.5 Å². The van der Waals surface area contributed by atoms with Crippen molar-refractivity contribution in [3.05, 3.63) is 82.6 Å². The molecule has 6 nitrogen and oxygen atoms in total. The van der Waals surface area contributed by atoms with Crippen LogP contribution in [0.1, 0.15) is 16.5 Å². The molecule has 0 aliphatic rings. The zero-order valence-electron chi connectivity index (χ0n) is 16.1. The van der Waals surface area contributed by atoms with E-state index in [0.717, 1.165) is 21.8 Å². The average molecular weight is 438 g/mol. The van der Waals surface area contributed by atoms with Gasteiger partial charge >= 0.3 is 0 Å². The Bertz CT molecular complexity index is 1080. The average Bonchev–Trinajstić information content (AvgIpc) is 3.49. The molecule has 0 spiro atoms. The molecule has 0 bridgehead atoms. The second kappa shape index (κ2) is 9.60. The zero-order chi connectivity index (χ0) is 20.8. The predicted octanol–water partition coefficient (Wildman–Crippen LogP) is 4.80. The van der Waals surface area contributed by atoms with Crippen molar-refractivity contribution in [2.75, 3.05) is 12.9 Å². The van der Waals surface area contributed by atoms with Crippen LogP contribution in [-0.4, -0.2) is 29.0 Å². The second-order valence-electron chi connectivity index (χ2n) is 6.32. The van der Waals surface area contributed by atoms with E-state index in [-0.39, 0.29) is 17.7 Å². The van der Waals surface area contributed by atoms with Crippen molar-refractivity contribution in [2.45, 2.75) is 11.3 Å². The molecule has 0 unspecified atom stereocenters.